The van der Waals surface area contributed by atoms with E-state index in [-0.39, 0.29) is 11.6 Å². The third-order valence-corrected chi connectivity index (χ3v) is 5.90. The van der Waals surface area contributed by atoms with Crippen LogP contribution in [0.3, 0.4) is 0 Å². The number of carbonyl (C=O) groups excluding carboxylic acids is 2. The molecule has 0 radical (unpaired) electrons. The van der Waals surface area contributed by atoms with Crippen molar-refractivity contribution in [1.29, 1.82) is 0 Å². The maximum atomic E-state index is 13.2. The summed E-state index contributed by atoms with van der Waals surface area (Å²) in [5.41, 5.74) is 2.92. The van der Waals surface area contributed by atoms with Gasteiger partial charge in [-0.25, -0.2) is 4.79 Å². The quantitative estimate of drug-likeness (QED) is 0.505. The predicted octanol–water partition coefficient (Wildman–Crippen LogP) is 5.46. The molecular weight excluding hydrogens is 461 g/mol. The second kappa shape index (κ2) is 9.69. The molecular formula is C26H23F3N2O4. The monoisotopic (exact) mass is 484 g/mol. The van der Waals surface area contributed by atoms with Crippen LogP contribution in [-0.2, 0) is 23.8 Å². The van der Waals surface area contributed by atoms with E-state index in [2.05, 4.69) is 15.4 Å². The summed E-state index contributed by atoms with van der Waals surface area (Å²) in [7, 11) is 2.74. The Kier molecular flexibility index (Phi) is 6.68. The van der Waals surface area contributed by atoms with Gasteiger partial charge >= 0.3 is 12.3 Å². The van der Waals surface area contributed by atoms with Crippen LogP contribution in [0.15, 0.2) is 60.7 Å². The SMILES string of the molecule is COC(=O)NC1Cc2ccc(NC(=O)c3cccc(OC)c3-c3ccc(C(F)(F)F)cc3)cc2C1. The average Bonchev–Trinajstić information content (AvgIpc) is 3.24. The first-order valence-electron chi connectivity index (χ1n) is 10.8. The number of hydrogen-bond donors (Lipinski definition) is 2. The number of anilines is 1. The predicted molar refractivity (Wildman–Crippen MR) is 125 cm³/mol. The number of alkyl halides is 3. The van der Waals surface area contributed by atoms with E-state index in [1.165, 1.54) is 26.4 Å². The van der Waals surface area contributed by atoms with Crippen molar-refractivity contribution in [3.63, 3.8) is 0 Å². The molecule has 3 aromatic rings. The Morgan fingerprint density at radius 2 is 1.66 bits per heavy atom. The van der Waals surface area contributed by atoms with Crippen LogP contribution < -0.4 is 15.4 Å². The summed E-state index contributed by atoms with van der Waals surface area (Å²) < 4.78 is 49.1. The van der Waals surface area contributed by atoms with E-state index in [0.29, 0.717) is 35.4 Å². The molecule has 0 aliphatic heterocycles. The van der Waals surface area contributed by atoms with E-state index in [1.807, 2.05) is 12.1 Å². The largest absolute Gasteiger partial charge is 0.496 e. The molecule has 35 heavy (non-hydrogen) atoms. The highest BCUT2D eigenvalue weighted by molar-refractivity contribution is 6.09. The summed E-state index contributed by atoms with van der Waals surface area (Å²) in [6, 6.07) is 14.9. The Morgan fingerprint density at radius 1 is 0.943 bits per heavy atom. The summed E-state index contributed by atoms with van der Waals surface area (Å²) in [4.78, 5) is 24.7. The zero-order chi connectivity index (χ0) is 25.2. The zero-order valence-corrected chi connectivity index (χ0v) is 19.0. The molecule has 0 aromatic heterocycles. The second-order valence-corrected chi connectivity index (χ2v) is 8.14. The molecule has 1 atom stereocenters. The topological polar surface area (TPSA) is 76.7 Å². The lowest BCUT2D eigenvalue weighted by atomic mass is 9.96. The van der Waals surface area contributed by atoms with Gasteiger partial charge in [0.1, 0.15) is 5.75 Å². The number of halogens is 3. The number of nitrogens with one attached hydrogen (secondary N) is 2. The van der Waals surface area contributed by atoms with Crippen LogP contribution in [0, 0.1) is 0 Å². The summed E-state index contributed by atoms with van der Waals surface area (Å²) in [6.07, 6.45) is -3.69. The van der Waals surface area contributed by atoms with Crippen LogP contribution in [0.5, 0.6) is 5.75 Å². The molecule has 3 aromatic carbocycles. The van der Waals surface area contributed by atoms with E-state index in [9.17, 15) is 22.8 Å². The second-order valence-electron chi connectivity index (χ2n) is 8.14. The lowest BCUT2D eigenvalue weighted by Gasteiger charge is -2.15. The van der Waals surface area contributed by atoms with Crippen molar-refractivity contribution in [3.05, 3.63) is 82.9 Å². The molecule has 0 spiro atoms. The van der Waals surface area contributed by atoms with Gasteiger partial charge in [-0.15, -0.1) is 0 Å². The number of hydrogen-bond acceptors (Lipinski definition) is 4. The molecule has 2 N–H and O–H groups in total. The number of carbonyl (C=O) groups is 2. The van der Waals surface area contributed by atoms with Gasteiger partial charge in [0.15, 0.2) is 0 Å². The van der Waals surface area contributed by atoms with Crippen molar-refractivity contribution < 1.29 is 32.2 Å². The van der Waals surface area contributed by atoms with Crippen LogP contribution in [0.25, 0.3) is 11.1 Å². The molecule has 1 aliphatic rings. The molecule has 0 heterocycles. The standard InChI is InChI=1S/C26H23F3N2O4/c1-34-22-5-3-4-21(23(22)15-6-9-18(10-7-15)26(27,28)29)24(32)30-19-11-8-16-12-20(14-17(16)13-19)31-25(33)35-2/h3-11,13,20H,12,14H2,1-2H3,(H,30,32)(H,31,33). The Morgan fingerprint density at radius 3 is 2.31 bits per heavy atom. The molecule has 9 heteroatoms. The van der Waals surface area contributed by atoms with E-state index in [4.69, 9.17) is 4.74 Å². The molecule has 2 amide bonds. The van der Waals surface area contributed by atoms with Gasteiger partial charge in [0, 0.05) is 17.3 Å². The highest BCUT2D eigenvalue weighted by atomic mass is 19.4. The van der Waals surface area contributed by atoms with Gasteiger partial charge in [-0.05, 0) is 65.9 Å². The van der Waals surface area contributed by atoms with E-state index >= 15 is 0 Å². The summed E-state index contributed by atoms with van der Waals surface area (Å²) in [5, 5.41) is 5.65. The van der Waals surface area contributed by atoms with E-state index < -0.39 is 23.7 Å². The van der Waals surface area contributed by atoms with Crippen molar-refractivity contribution in [3.8, 4) is 16.9 Å². The van der Waals surface area contributed by atoms with Gasteiger partial charge in [-0.2, -0.15) is 13.2 Å². The van der Waals surface area contributed by atoms with Gasteiger partial charge in [0.2, 0.25) is 0 Å². The Hall–Kier alpha value is -4.01. The fourth-order valence-corrected chi connectivity index (χ4v) is 4.24. The normalized spacial score (nSPS) is 14.7. The number of rotatable bonds is 5. The first kappa shape index (κ1) is 24.1. The molecule has 182 valence electrons. The molecule has 1 unspecified atom stereocenters. The Bertz CT molecular complexity index is 1260. The third-order valence-electron chi connectivity index (χ3n) is 5.90. The Balaban J connectivity index is 1.59. The van der Waals surface area contributed by atoms with Crippen LogP contribution in [-0.4, -0.2) is 32.3 Å². The van der Waals surface area contributed by atoms with Crippen molar-refractivity contribution in [2.45, 2.75) is 25.1 Å². The van der Waals surface area contributed by atoms with E-state index in [0.717, 1.165) is 23.3 Å². The molecule has 4 rings (SSSR count). The minimum atomic E-state index is -4.46. The van der Waals surface area contributed by atoms with E-state index in [1.54, 1.807) is 24.3 Å². The zero-order valence-electron chi connectivity index (χ0n) is 19.0. The molecule has 0 fully saturated rings. The summed E-state index contributed by atoms with van der Waals surface area (Å²) in [5.74, 6) is -0.0657. The first-order chi connectivity index (χ1) is 16.7. The smallest absolute Gasteiger partial charge is 0.416 e. The van der Waals surface area contributed by atoms with Crippen molar-refractivity contribution in [1.82, 2.24) is 5.32 Å². The number of alkyl carbamates (subject to hydrolysis) is 1. The van der Waals surface area contributed by atoms with Gasteiger partial charge < -0.3 is 20.1 Å². The van der Waals surface area contributed by atoms with Crippen molar-refractivity contribution in [2.75, 3.05) is 19.5 Å². The van der Waals surface area contributed by atoms with Gasteiger partial charge in [0.25, 0.3) is 5.91 Å². The maximum Gasteiger partial charge on any atom is 0.416 e. The minimum absolute atomic E-state index is 0.0898. The first-order valence-corrected chi connectivity index (χ1v) is 10.8. The van der Waals surface area contributed by atoms with Crippen molar-refractivity contribution in [2.24, 2.45) is 0 Å². The van der Waals surface area contributed by atoms with Crippen LogP contribution in [0.4, 0.5) is 23.7 Å². The van der Waals surface area contributed by atoms with Crippen LogP contribution in [0.2, 0.25) is 0 Å². The molecule has 6 nitrogen and oxygen atoms in total. The van der Waals surface area contributed by atoms with Crippen molar-refractivity contribution >= 4 is 17.7 Å². The fraction of sp³-hybridized carbons (Fsp3) is 0.231. The van der Waals surface area contributed by atoms with Crippen LogP contribution in [0.1, 0.15) is 27.0 Å². The summed E-state index contributed by atoms with van der Waals surface area (Å²) >= 11 is 0. The summed E-state index contributed by atoms with van der Waals surface area (Å²) in [6.45, 7) is 0. The number of ether oxygens (including phenoxy) is 2. The lowest BCUT2D eigenvalue weighted by molar-refractivity contribution is -0.137. The molecule has 0 saturated carbocycles. The maximum absolute atomic E-state index is 13.2. The molecule has 0 saturated heterocycles. The van der Waals surface area contributed by atoms with Gasteiger partial charge in [-0.1, -0.05) is 24.3 Å². The molecule has 0 bridgehead atoms. The van der Waals surface area contributed by atoms with Crippen LogP contribution >= 0.6 is 0 Å². The minimum Gasteiger partial charge on any atom is -0.496 e. The fourth-order valence-electron chi connectivity index (χ4n) is 4.24. The lowest BCUT2D eigenvalue weighted by Crippen LogP contribution is -2.35. The number of benzene rings is 3. The highest BCUT2D eigenvalue weighted by Gasteiger charge is 2.30. The van der Waals surface area contributed by atoms with Gasteiger partial charge in [-0.3, -0.25) is 4.79 Å². The van der Waals surface area contributed by atoms with Gasteiger partial charge in [0.05, 0.1) is 25.3 Å². The number of amides is 2. The molecule has 1 aliphatic carbocycles. The highest BCUT2D eigenvalue weighted by Crippen LogP contribution is 2.36. The number of fused-ring (bicyclic) bond motifs is 1. The number of methoxy groups -OCH3 is 2. The average molecular weight is 484 g/mol. The Labute approximate surface area is 200 Å². The third kappa shape index (κ3) is 5.24.